The fourth-order valence-electron chi connectivity index (χ4n) is 3.96. The number of pyridine rings is 2. The number of aliphatic carboxylic acids is 1. The molecule has 32 heavy (non-hydrogen) atoms. The molecule has 0 unspecified atom stereocenters. The number of aromatic nitrogens is 2. The first kappa shape index (κ1) is 21.5. The van der Waals surface area contributed by atoms with Crippen molar-refractivity contribution in [2.24, 2.45) is 0 Å². The minimum atomic E-state index is -1.06. The molecule has 0 aromatic carbocycles. The molecule has 1 fully saturated rings. The Morgan fingerprint density at radius 1 is 1.09 bits per heavy atom. The van der Waals surface area contributed by atoms with E-state index in [1.165, 1.54) is 12.3 Å². The number of rotatable bonds is 5. The first-order chi connectivity index (χ1) is 15.4. The summed E-state index contributed by atoms with van der Waals surface area (Å²) in [6.45, 7) is 2.39. The van der Waals surface area contributed by atoms with Gasteiger partial charge in [-0.3, -0.25) is 24.4 Å². The van der Waals surface area contributed by atoms with E-state index in [2.05, 4.69) is 4.98 Å². The van der Waals surface area contributed by atoms with Crippen molar-refractivity contribution in [3.63, 3.8) is 0 Å². The number of anilines is 2. The maximum atomic E-state index is 12.8. The summed E-state index contributed by atoms with van der Waals surface area (Å²) in [6.07, 6.45) is 5.72. The predicted octanol–water partition coefficient (Wildman–Crippen LogP) is 2.02. The van der Waals surface area contributed by atoms with Gasteiger partial charge in [-0.1, -0.05) is 0 Å². The van der Waals surface area contributed by atoms with Crippen LogP contribution in [0.3, 0.4) is 0 Å². The van der Waals surface area contributed by atoms with Gasteiger partial charge in [0.25, 0.3) is 5.91 Å². The molecular weight excluding hydrogens is 414 g/mol. The second kappa shape index (κ2) is 9.21. The highest BCUT2D eigenvalue weighted by atomic mass is 16.5. The van der Waals surface area contributed by atoms with Gasteiger partial charge in [0.05, 0.1) is 18.5 Å². The molecule has 0 spiro atoms. The van der Waals surface area contributed by atoms with Crippen LogP contribution in [0.2, 0.25) is 0 Å². The summed E-state index contributed by atoms with van der Waals surface area (Å²) in [5.41, 5.74) is 1.09. The molecule has 2 aromatic heterocycles. The zero-order chi connectivity index (χ0) is 22.7. The number of ether oxygens (including phenoxy) is 1. The summed E-state index contributed by atoms with van der Waals surface area (Å²) < 4.78 is 6.89. The summed E-state index contributed by atoms with van der Waals surface area (Å²) in [5, 5.41) is 17.0. The van der Waals surface area contributed by atoms with Crippen molar-refractivity contribution in [2.75, 3.05) is 31.1 Å². The maximum Gasteiger partial charge on any atom is 0.303 e. The minimum absolute atomic E-state index is 0.0465. The fourth-order valence-corrected chi connectivity index (χ4v) is 3.96. The van der Waals surface area contributed by atoms with Crippen LogP contribution < -0.4 is 15.1 Å². The first-order valence-electron chi connectivity index (χ1n) is 10.7. The zero-order valence-electron chi connectivity index (χ0n) is 17.6. The SMILES string of the molecule is N=c1cc(N2CCOc3cc(C(=O)N4CCCCC4)cnc32)ccn1C(=O)CCC(=O)O. The van der Waals surface area contributed by atoms with Crippen molar-refractivity contribution >= 4 is 29.3 Å². The highest BCUT2D eigenvalue weighted by Gasteiger charge is 2.25. The van der Waals surface area contributed by atoms with Crippen molar-refractivity contribution < 1.29 is 24.2 Å². The van der Waals surface area contributed by atoms with Crippen molar-refractivity contribution in [1.82, 2.24) is 14.5 Å². The quantitative estimate of drug-likeness (QED) is 0.729. The summed E-state index contributed by atoms with van der Waals surface area (Å²) in [7, 11) is 0. The number of piperidine rings is 1. The average molecular weight is 439 g/mol. The molecule has 1 saturated heterocycles. The van der Waals surface area contributed by atoms with E-state index in [4.69, 9.17) is 15.3 Å². The molecule has 10 nitrogen and oxygen atoms in total. The van der Waals surface area contributed by atoms with E-state index >= 15 is 0 Å². The van der Waals surface area contributed by atoms with Crippen molar-refractivity contribution in [2.45, 2.75) is 32.1 Å². The number of likely N-dealkylation sites (tertiary alicyclic amines) is 1. The number of fused-ring (bicyclic) bond motifs is 1. The lowest BCUT2D eigenvalue weighted by atomic mass is 10.1. The molecule has 2 aliphatic rings. The predicted molar refractivity (Wildman–Crippen MR) is 114 cm³/mol. The third-order valence-corrected chi connectivity index (χ3v) is 5.62. The molecule has 0 saturated carbocycles. The fraction of sp³-hybridized carbons (Fsp3) is 0.409. The molecule has 2 N–H and O–H groups in total. The van der Waals surface area contributed by atoms with Gasteiger partial charge in [0.15, 0.2) is 11.6 Å². The molecular formula is C22H25N5O5. The second-order valence-electron chi connectivity index (χ2n) is 7.83. The summed E-state index contributed by atoms with van der Waals surface area (Å²) in [5.74, 6) is -0.517. The van der Waals surface area contributed by atoms with Gasteiger partial charge in [-0.2, -0.15) is 0 Å². The van der Waals surface area contributed by atoms with Gasteiger partial charge in [-0.25, -0.2) is 4.98 Å². The average Bonchev–Trinajstić information content (AvgIpc) is 2.81. The van der Waals surface area contributed by atoms with Gasteiger partial charge in [0.1, 0.15) is 12.1 Å². The van der Waals surface area contributed by atoms with E-state index in [9.17, 15) is 14.4 Å². The molecule has 0 bridgehead atoms. The lowest BCUT2D eigenvalue weighted by Crippen LogP contribution is -2.36. The summed E-state index contributed by atoms with van der Waals surface area (Å²) >= 11 is 0. The van der Waals surface area contributed by atoms with Crippen LogP contribution in [0.1, 0.15) is 47.3 Å². The topological polar surface area (TPSA) is 129 Å². The van der Waals surface area contributed by atoms with Crippen molar-refractivity contribution in [3.05, 3.63) is 41.6 Å². The van der Waals surface area contributed by atoms with Gasteiger partial charge in [-0.15, -0.1) is 0 Å². The van der Waals surface area contributed by atoms with Crippen LogP contribution in [0.5, 0.6) is 5.75 Å². The van der Waals surface area contributed by atoms with Crippen LogP contribution in [-0.2, 0) is 4.79 Å². The van der Waals surface area contributed by atoms with Crippen molar-refractivity contribution in [1.29, 1.82) is 5.41 Å². The molecule has 10 heteroatoms. The number of hydrogen-bond acceptors (Lipinski definition) is 7. The van der Waals surface area contributed by atoms with Crippen LogP contribution in [0.4, 0.5) is 11.5 Å². The van der Waals surface area contributed by atoms with E-state index in [1.807, 2.05) is 9.80 Å². The van der Waals surface area contributed by atoms with Gasteiger partial charge in [-0.05, 0) is 31.4 Å². The van der Waals surface area contributed by atoms with Gasteiger partial charge in [0.2, 0.25) is 5.91 Å². The van der Waals surface area contributed by atoms with E-state index in [1.54, 1.807) is 18.3 Å². The number of hydrogen-bond donors (Lipinski definition) is 2. The molecule has 0 atom stereocenters. The Morgan fingerprint density at radius 2 is 1.88 bits per heavy atom. The number of carboxylic acids is 1. The molecule has 168 valence electrons. The van der Waals surface area contributed by atoms with Crippen LogP contribution in [-0.4, -0.2) is 63.6 Å². The number of nitrogens with one attached hydrogen (secondary N) is 1. The second-order valence-corrected chi connectivity index (χ2v) is 7.83. The highest BCUT2D eigenvalue weighted by molar-refractivity contribution is 5.95. The molecule has 2 aliphatic heterocycles. The van der Waals surface area contributed by atoms with E-state index in [0.29, 0.717) is 36.0 Å². The largest absolute Gasteiger partial charge is 0.488 e. The molecule has 4 rings (SSSR count). The van der Waals surface area contributed by atoms with Gasteiger partial charge >= 0.3 is 5.97 Å². The van der Waals surface area contributed by atoms with Crippen LogP contribution in [0.25, 0.3) is 0 Å². The Kier molecular flexibility index (Phi) is 6.20. The third-order valence-electron chi connectivity index (χ3n) is 5.62. The number of carboxylic acid groups (broad SMARTS) is 1. The highest BCUT2D eigenvalue weighted by Crippen LogP contribution is 2.35. The summed E-state index contributed by atoms with van der Waals surface area (Å²) in [4.78, 5) is 43.9. The van der Waals surface area contributed by atoms with E-state index < -0.39 is 11.9 Å². The van der Waals surface area contributed by atoms with Crippen LogP contribution >= 0.6 is 0 Å². The standard InChI is InChI=1S/C22H25N5O5/c23-18-13-16(6-9-27(18)19(28)4-5-20(29)30)26-10-11-32-17-12-15(14-24-21(17)26)22(31)25-7-2-1-3-8-25/h6,9,12-14,23H,1-5,7-8,10-11H2,(H,29,30). The zero-order valence-corrected chi connectivity index (χ0v) is 17.6. The number of amides is 1. The third kappa shape index (κ3) is 4.48. The minimum Gasteiger partial charge on any atom is -0.488 e. The van der Waals surface area contributed by atoms with Crippen LogP contribution in [0.15, 0.2) is 30.6 Å². The van der Waals surface area contributed by atoms with Crippen LogP contribution in [0, 0.1) is 5.41 Å². The lowest BCUT2D eigenvalue weighted by Gasteiger charge is -2.31. The Hall–Kier alpha value is -3.69. The van der Waals surface area contributed by atoms with E-state index in [-0.39, 0.29) is 24.2 Å². The Morgan fingerprint density at radius 3 is 2.59 bits per heavy atom. The lowest BCUT2D eigenvalue weighted by molar-refractivity contribution is -0.137. The number of carbonyl (C=O) groups excluding carboxylic acids is 2. The number of carbonyl (C=O) groups is 3. The molecule has 4 heterocycles. The Labute approximate surface area is 184 Å². The number of nitrogens with zero attached hydrogens (tertiary/aromatic N) is 4. The Bertz CT molecular complexity index is 1110. The first-order valence-corrected chi connectivity index (χ1v) is 10.7. The Balaban J connectivity index is 1.56. The molecule has 0 radical (unpaired) electrons. The van der Waals surface area contributed by atoms with Crippen molar-refractivity contribution in [3.8, 4) is 5.75 Å². The normalized spacial score (nSPS) is 15.6. The molecule has 2 aromatic rings. The van der Waals surface area contributed by atoms with Gasteiger partial charge in [0, 0.05) is 43.7 Å². The molecule has 0 aliphatic carbocycles. The van der Waals surface area contributed by atoms with Gasteiger partial charge < -0.3 is 19.6 Å². The smallest absolute Gasteiger partial charge is 0.303 e. The molecule has 1 amide bonds. The maximum absolute atomic E-state index is 12.8. The van der Waals surface area contributed by atoms with E-state index in [0.717, 1.165) is 36.9 Å². The summed E-state index contributed by atoms with van der Waals surface area (Å²) in [6, 6.07) is 4.92. The monoisotopic (exact) mass is 439 g/mol.